The Hall–Kier alpha value is -0.810. The van der Waals surface area contributed by atoms with E-state index >= 15 is 0 Å². The summed E-state index contributed by atoms with van der Waals surface area (Å²) in [6, 6.07) is 0. The monoisotopic (exact) mass is 256 g/mol. The van der Waals surface area contributed by atoms with Crippen LogP contribution in [0.1, 0.15) is 39.5 Å². The van der Waals surface area contributed by atoms with Gasteiger partial charge in [0.15, 0.2) is 0 Å². The second kappa shape index (κ2) is 4.14. The first kappa shape index (κ1) is 14.3. The lowest BCUT2D eigenvalue weighted by molar-refractivity contribution is -0.243. The van der Waals surface area contributed by atoms with Crippen molar-refractivity contribution in [3.63, 3.8) is 0 Å². The van der Waals surface area contributed by atoms with Gasteiger partial charge in [0, 0.05) is 0 Å². The fourth-order valence-electron chi connectivity index (χ4n) is 2.26. The number of aliphatic carboxylic acids is 1. The second-order valence-electron chi connectivity index (χ2n) is 5.26. The number of carboxylic acids is 1. The zero-order chi connectivity index (χ0) is 13.5. The lowest BCUT2D eigenvalue weighted by atomic mass is 9.68. The molecule has 2 nitrogen and oxygen atoms in total. The highest BCUT2D eigenvalue weighted by molar-refractivity contribution is 5.74. The molecule has 0 spiro atoms. The summed E-state index contributed by atoms with van der Waals surface area (Å²) in [6.07, 6.45) is -6.23. The maximum Gasteiger partial charge on any atom is 0.422 e. The molecule has 0 atom stereocenters. The van der Waals surface area contributed by atoms with Gasteiger partial charge in [0.2, 0.25) is 5.67 Å². The van der Waals surface area contributed by atoms with Gasteiger partial charge in [0.05, 0.1) is 5.41 Å². The van der Waals surface area contributed by atoms with Gasteiger partial charge in [-0.25, -0.2) is 4.39 Å². The van der Waals surface area contributed by atoms with Crippen LogP contribution in [0.2, 0.25) is 0 Å². The molecule has 1 aliphatic carbocycles. The molecule has 1 N–H and O–H groups in total. The largest absolute Gasteiger partial charge is 0.481 e. The van der Waals surface area contributed by atoms with Crippen molar-refractivity contribution in [3.05, 3.63) is 0 Å². The minimum absolute atomic E-state index is 0.0463. The number of hydrogen-bond acceptors (Lipinski definition) is 1. The molecule has 0 saturated heterocycles. The second-order valence-corrected chi connectivity index (χ2v) is 5.26. The molecule has 100 valence electrons. The van der Waals surface area contributed by atoms with Crippen LogP contribution in [-0.4, -0.2) is 22.9 Å². The number of alkyl halides is 4. The third kappa shape index (κ3) is 2.55. The zero-order valence-electron chi connectivity index (χ0n) is 9.77. The number of hydrogen-bond donors (Lipinski definition) is 1. The summed E-state index contributed by atoms with van der Waals surface area (Å²) in [5.41, 5.74) is -4.25. The van der Waals surface area contributed by atoms with Crippen LogP contribution in [0.5, 0.6) is 0 Å². The minimum atomic E-state index is -4.86. The maximum atomic E-state index is 13.6. The Morgan fingerprint density at radius 2 is 1.65 bits per heavy atom. The van der Waals surface area contributed by atoms with Crippen molar-refractivity contribution in [2.24, 2.45) is 11.3 Å². The van der Waals surface area contributed by atoms with Gasteiger partial charge in [-0.15, -0.1) is 0 Å². The zero-order valence-corrected chi connectivity index (χ0v) is 9.77. The van der Waals surface area contributed by atoms with Gasteiger partial charge in [-0.3, -0.25) is 4.79 Å². The van der Waals surface area contributed by atoms with Gasteiger partial charge in [-0.2, -0.15) is 13.2 Å². The third-order valence-electron chi connectivity index (χ3n) is 3.86. The summed E-state index contributed by atoms with van der Waals surface area (Å²) in [6.45, 7) is 2.94. The van der Waals surface area contributed by atoms with Gasteiger partial charge < -0.3 is 5.11 Å². The van der Waals surface area contributed by atoms with E-state index in [2.05, 4.69) is 0 Å². The molecule has 6 heteroatoms. The molecule has 0 amide bonds. The highest BCUT2D eigenvalue weighted by atomic mass is 19.4. The molecule has 17 heavy (non-hydrogen) atoms. The molecule has 1 fully saturated rings. The highest BCUT2D eigenvalue weighted by Gasteiger charge is 2.58. The van der Waals surface area contributed by atoms with Gasteiger partial charge in [-0.1, -0.05) is 0 Å². The number of halogens is 4. The van der Waals surface area contributed by atoms with Crippen molar-refractivity contribution in [2.45, 2.75) is 51.4 Å². The molecule has 0 radical (unpaired) electrons. The Kier molecular flexibility index (Phi) is 3.47. The predicted molar refractivity (Wildman–Crippen MR) is 53.3 cm³/mol. The fraction of sp³-hybridized carbons (Fsp3) is 0.909. The Labute approximate surface area is 97.0 Å². The standard InChI is InChI=1S/C11H16F4O2/c1-9(2,8(16)17)7-3-5-10(12,6-4-7)11(13,14)15/h7H,3-6H2,1-2H3,(H,16,17). The summed E-state index contributed by atoms with van der Waals surface area (Å²) in [7, 11) is 0. The molecule has 1 aliphatic rings. The molecule has 0 aromatic rings. The Morgan fingerprint density at radius 1 is 1.24 bits per heavy atom. The van der Waals surface area contributed by atoms with Crippen molar-refractivity contribution >= 4 is 5.97 Å². The first-order chi connectivity index (χ1) is 7.51. The van der Waals surface area contributed by atoms with Crippen LogP contribution in [0.3, 0.4) is 0 Å². The summed E-state index contributed by atoms with van der Waals surface area (Å²) < 4.78 is 50.8. The molecule has 0 bridgehead atoms. The van der Waals surface area contributed by atoms with Crippen LogP contribution in [0.25, 0.3) is 0 Å². The Morgan fingerprint density at radius 3 is 1.94 bits per heavy atom. The molecule has 1 rings (SSSR count). The summed E-state index contributed by atoms with van der Waals surface area (Å²) in [5.74, 6) is -1.47. The van der Waals surface area contributed by atoms with Crippen LogP contribution >= 0.6 is 0 Å². The lowest BCUT2D eigenvalue weighted by Crippen LogP contribution is -2.46. The molecule has 0 heterocycles. The first-order valence-electron chi connectivity index (χ1n) is 5.50. The normalized spacial score (nSPS) is 31.3. The fourth-order valence-corrected chi connectivity index (χ4v) is 2.26. The van der Waals surface area contributed by atoms with E-state index in [0.29, 0.717) is 0 Å². The smallest absolute Gasteiger partial charge is 0.422 e. The van der Waals surface area contributed by atoms with E-state index in [1.54, 1.807) is 0 Å². The molecule has 0 aromatic carbocycles. The average molecular weight is 256 g/mol. The minimum Gasteiger partial charge on any atom is -0.481 e. The van der Waals surface area contributed by atoms with Gasteiger partial charge in [0.25, 0.3) is 0 Å². The highest BCUT2D eigenvalue weighted by Crippen LogP contribution is 2.49. The van der Waals surface area contributed by atoms with Gasteiger partial charge in [-0.05, 0) is 45.4 Å². The van der Waals surface area contributed by atoms with Crippen molar-refractivity contribution < 1.29 is 27.5 Å². The van der Waals surface area contributed by atoms with Crippen molar-refractivity contribution in [1.82, 2.24) is 0 Å². The van der Waals surface area contributed by atoms with E-state index in [0.717, 1.165) is 0 Å². The van der Waals surface area contributed by atoms with Crippen LogP contribution in [0, 0.1) is 11.3 Å². The first-order valence-corrected chi connectivity index (χ1v) is 5.50. The van der Waals surface area contributed by atoms with E-state index < -0.39 is 42.0 Å². The summed E-state index contributed by atoms with van der Waals surface area (Å²) >= 11 is 0. The SMILES string of the molecule is CC(C)(C(=O)O)C1CCC(F)(C(F)(F)F)CC1. The quantitative estimate of drug-likeness (QED) is 0.767. The topological polar surface area (TPSA) is 37.3 Å². The van der Waals surface area contributed by atoms with Crippen LogP contribution in [-0.2, 0) is 4.79 Å². The lowest BCUT2D eigenvalue weighted by Gasteiger charge is -2.40. The van der Waals surface area contributed by atoms with E-state index in [9.17, 15) is 22.4 Å². The molecule has 0 aromatic heterocycles. The molecule has 1 saturated carbocycles. The van der Waals surface area contributed by atoms with E-state index in [1.807, 2.05) is 0 Å². The predicted octanol–water partition coefficient (Wildman–Crippen LogP) is 3.56. The van der Waals surface area contributed by atoms with E-state index in [1.165, 1.54) is 13.8 Å². The Balaban J connectivity index is 2.73. The van der Waals surface area contributed by atoms with E-state index in [4.69, 9.17) is 5.11 Å². The Bertz CT molecular complexity index is 301. The van der Waals surface area contributed by atoms with Crippen LogP contribution in [0.15, 0.2) is 0 Å². The molecule has 0 unspecified atom stereocenters. The van der Waals surface area contributed by atoms with Gasteiger partial charge in [0.1, 0.15) is 0 Å². The maximum absolute atomic E-state index is 13.6. The molecular weight excluding hydrogens is 240 g/mol. The van der Waals surface area contributed by atoms with Gasteiger partial charge >= 0.3 is 12.1 Å². The van der Waals surface area contributed by atoms with Crippen molar-refractivity contribution in [2.75, 3.05) is 0 Å². The number of carbonyl (C=O) groups is 1. The van der Waals surface area contributed by atoms with Crippen molar-refractivity contribution in [3.8, 4) is 0 Å². The van der Waals surface area contributed by atoms with Crippen LogP contribution in [0.4, 0.5) is 17.6 Å². The summed E-state index contributed by atoms with van der Waals surface area (Å²) in [5, 5.41) is 8.97. The average Bonchev–Trinajstić information content (AvgIpc) is 2.16. The number of carboxylic acid groups (broad SMARTS) is 1. The van der Waals surface area contributed by atoms with Crippen molar-refractivity contribution in [1.29, 1.82) is 0 Å². The molecular formula is C11H16F4O2. The number of rotatable bonds is 2. The third-order valence-corrected chi connectivity index (χ3v) is 3.86. The van der Waals surface area contributed by atoms with Crippen LogP contribution < -0.4 is 0 Å². The molecule has 0 aliphatic heterocycles. The summed E-state index contributed by atoms with van der Waals surface area (Å²) in [4.78, 5) is 11.0. The van der Waals surface area contributed by atoms with E-state index in [-0.39, 0.29) is 12.8 Å².